The Morgan fingerprint density at radius 2 is 1.81 bits per heavy atom. The highest BCUT2D eigenvalue weighted by Crippen LogP contribution is 2.26. The fourth-order valence-corrected chi connectivity index (χ4v) is 3.59. The lowest BCUT2D eigenvalue weighted by atomic mass is 10.0. The Bertz CT molecular complexity index is 902. The van der Waals surface area contributed by atoms with E-state index < -0.39 is 6.04 Å². The molecule has 2 aromatic carbocycles. The van der Waals surface area contributed by atoms with Crippen molar-refractivity contribution in [3.63, 3.8) is 0 Å². The van der Waals surface area contributed by atoms with Gasteiger partial charge in [0.25, 0.3) is 5.91 Å². The molecule has 168 valence electrons. The van der Waals surface area contributed by atoms with E-state index in [0.717, 1.165) is 12.0 Å². The molecule has 0 saturated carbocycles. The van der Waals surface area contributed by atoms with Crippen LogP contribution in [-0.4, -0.2) is 35.9 Å². The van der Waals surface area contributed by atoms with Crippen molar-refractivity contribution >= 4 is 35.0 Å². The number of hydrogen-bond acceptors (Lipinski definition) is 3. The van der Waals surface area contributed by atoms with E-state index in [-0.39, 0.29) is 30.9 Å². The lowest BCUT2D eigenvalue weighted by molar-refractivity contribution is -0.142. The summed E-state index contributed by atoms with van der Waals surface area (Å²) in [6.45, 7) is 8.35. The topological polar surface area (TPSA) is 58.6 Å². The lowest BCUT2D eigenvalue weighted by Gasteiger charge is -2.29. The quantitative estimate of drug-likeness (QED) is 0.509. The van der Waals surface area contributed by atoms with Gasteiger partial charge >= 0.3 is 0 Å². The third-order valence-corrected chi connectivity index (χ3v) is 5.55. The van der Waals surface area contributed by atoms with E-state index in [2.05, 4.69) is 19.2 Å². The minimum atomic E-state index is -0.685. The van der Waals surface area contributed by atoms with Gasteiger partial charge in [0, 0.05) is 23.1 Å². The van der Waals surface area contributed by atoms with Crippen molar-refractivity contribution in [2.75, 3.05) is 13.2 Å². The Labute approximate surface area is 194 Å². The van der Waals surface area contributed by atoms with Gasteiger partial charge in [-0.05, 0) is 48.6 Å². The number of rotatable bonds is 10. The van der Waals surface area contributed by atoms with Gasteiger partial charge in [0.05, 0.1) is 0 Å². The zero-order chi connectivity index (χ0) is 23.0. The maximum absolute atomic E-state index is 13.2. The summed E-state index contributed by atoms with van der Waals surface area (Å²) in [6, 6.07) is 12.1. The van der Waals surface area contributed by atoms with Crippen LogP contribution in [-0.2, 0) is 16.1 Å². The summed E-state index contributed by atoms with van der Waals surface area (Å²) in [4.78, 5) is 27.2. The van der Waals surface area contributed by atoms with Crippen LogP contribution in [0.2, 0.25) is 10.0 Å². The first-order valence-corrected chi connectivity index (χ1v) is 11.2. The number of para-hydroxylation sites is 1. The second kappa shape index (κ2) is 12.0. The van der Waals surface area contributed by atoms with Gasteiger partial charge in [-0.15, -0.1) is 0 Å². The molecule has 0 aliphatic rings. The van der Waals surface area contributed by atoms with Gasteiger partial charge in [0.1, 0.15) is 11.8 Å². The predicted octanol–water partition coefficient (Wildman–Crippen LogP) is 5.44. The van der Waals surface area contributed by atoms with E-state index in [4.69, 9.17) is 27.9 Å². The smallest absolute Gasteiger partial charge is 0.261 e. The first-order valence-electron chi connectivity index (χ1n) is 10.5. The van der Waals surface area contributed by atoms with Gasteiger partial charge in [-0.25, -0.2) is 0 Å². The van der Waals surface area contributed by atoms with Crippen LogP contribution in [0.25, 0.3) is 0 Å². The van der Waals surface area contributed by atoms with Gasteiger partial charge in [-0.2, -0.15) is 0 Å². The van der Waals surface area contributed by atoms with Crippen LogP contribution in [0.5, 0.6) is 5.75 Å². The highest BCUT2D eigenvalue weighted by Gasteiger charge is 2.27. The average Bonchev–Trinajstić information content (AvgIpc) is 2.74. The van der Waals surface area contributed by atoms with Crippen molar-refractivity contribution in [3.8, 4) is 5.75 Å². The summed E-state index contributed by atoms with van der Waals surface area (Å²) in [6.07, 6.45) is 0.810. The van der Waals surface area contributed by atoms with E-state index >= 15 is 0 Å². The Kier molecular flexibility index (Phi) is 9.66. The summed E-state index contributed by atoms with van der Waals surface area (Å²) >= 11 is 12.3. The molecule has 1 atom stereocenters. The number of benzene rings is 2. The first-order chi connectivity index (χ1) is 14.7. The van der Waals surface area contributed by atoms with E-state index in [9.17, 15) is 9.59 Å². The van der Waals surface area contributed by atoms with Crippen LogP contribution < -0.4 is 10.1 Å². The summed E-state index contributed by atoms with van der Waals surface area (Å²) < 4.78 is 5.86. The molecular formula is C24H30Cl2N2O3. The predicted molar refractivity (Wildman–Crippen MR) is 126 cm³/mol. The average molecular weight is 465 g/mol. The molecule has 0 radical (unpaired) electrons. The van der Waals surface area contributed by atoms with E-state index in [0.29, 0.717) is 27.9 Å². The van der Waals surface area contributed by atoms with Crippen LogP contribution in [0.15, 0.2) is 42.5 Å². The van der Waals surface area contributed by atoms with Crippen molar-refractivity contribution in [1.82, 2.24) is 10.2 Å². The van der Waals surface area contributed by atoms with Gasteiger partial charge in [-0.3, -0.25) is 9.59 Å². The molecule has 7 heteroatoms. The van der Waals surface area contributed by atoms with Crippen molar-refractivity contribution in [2.24, 2.45) is 0 Å². The molecule has 0 fully saturated rings. The van der Waals surface area contributed by atoms with Crippen LogP contribution in [0.4, 0.5) is 0 Å². The number of ether oxygens (including phenoxy) is 1. The molecule has 2 aromatic rings. The second-order valence-electron chi connectivity index (χ2n) is 7.71. The normalized spacial score (nSPS) is 11.8. The van der Waals surface area contributed by atoms with Crippen LogP contribution >= 0.6 is 23.2 Å². The Hall–Kier alpha value is -2.24. The minimum absolute atomic E-state index is 0.171. The molecule has 2 rings (SSSR count). The van der Waals surface area contributed by atoms with Crippen molar-refractivity contribution < 1.29 is 14.3 Å². The minimum Gasteiger partial charge on any atom is -0.483 e. The number of carbonyl (C=O) groups is 2. The SMILES string of the molecule is CCCNC(=O)C(C)N(Cc1ccc(Cl)cc1Cl)C(=O)COc1ccccc1C(C)C. The van der Waals surface area contributed by atoms with Crippen LogP contribution in [0, 0.1) is 0 Å². The van der Waals surface area contributed by atoms with Crippen molar-refractivity contribution in [3.05, 3.63) is 63.6 Å². The molecule has 0 aromatic heterocycles. The lowest BCUT2D eigenvalue weighted by Crippen LogP contribution is -2.49. The number of carbonyl (C=O) groups excluding carboxylic acids is 2. The fourth-order valence-electron chi connectivity index (χ4n) is 3.12. The molecule has 0 heterocycles. The molecule has 2 amide bonds. The molecule has 0 spiro atoms. The van der Waals surface area contributed by atoms with E-state index in [1.54, 1.807) is 25.1 Å². The maximum atomic E-state index is 13.2. The Morgan fingerprint density at radius 1 is 1.10 bits per heavy atom. The maximum Gasteiger partial charge on any atom is 0.261 e. The van der Waals surface area contributed by atoms with Crippen molar-refractivity contribution in [1.29, 1.82) is 0 Å². The largest absolute Gasteiger partial charge is 0.483 e. The van der Waals surface area contributed by atoms with E-state index in [1.165, 1.54) is 4.90 Å². The molecule has 5 nitrogen and oxygen atoms in total. The summed E-state index contributed by atoms with van der Waals surface area (Å²) in [5.74, 6) is 0.402. The number of nitrogens with one attached hydrogen (secondary N) is 1. The van der Waals surface area contributed by atoms with Crippen molar-refractivity contribution in [2.45, 2.75) is 52.6 Å². The summed E-state index contributed by atoms with van der Waals surface area (Å²) in [7, 11) is 0. The van der Waals surface area contributed by atoms with Gasteiger partial charge in [-0.1, -0.05) is 68.2 Å². The highest BCUT2D eigenvalue weighted by atomic mass is 35.5. The molecule has 0 aliphatic heterocycles. The Morgan fingerprint density at radius 3 is 2.45 bits per heavy atom. The second-order valence-corrected chi connectivity index (χ2v) is 8.55. The van der Waals surface area contributed by atoms with Gasteiger partial charge < -0.3 is 15.0 Å². The van der Waals surface area contributed by atoms with Crippen LogP contribution in [0.3, 0.4) is 0 Å². The first kappa shape index (κ1) is 25.0. The molecule has 31 heavy (non-hydrogen) atoms. The van der Waals surface area contributed by atoms with Gasteiger partial charge in [0.2, 0.25) is 5.91 Å². The molecule has 0 saturated heterocycles. The zero-order valence-corrected chi connectivity index (χ0v) is 20.0. The number of amides is 2. The Balaban J connectivity index is 2.22. The molecular weight excluding hydrogens is 435 g/mol. The monoisotopic (exact) mass is 464 g/mol. The molecule has 0 aliphatic carbocycles. The van der Waals surface area contributed by atoms with E-state index in [1.807, 2.05) is 31.2 Å². The summed E-state index contributed by atoms with van der Waals surface area (Å²) in [5.41, 5.74) is 1.73. The van der Waals surface area contributed by atoms with Crippen LogP contribution in [0.1, 0.15) is 51.2 Å². The fraction of sp³-hybridized carbons (Fsp3) is 0.417. The third-order valence-electron chi connectivity index (χ3n) is 4.96. The zero-order valence-electron chi connectivity index (χ0n) is 18.5. The number of nitrogens with zero attached hydrogens (tertiary/aromatic N) is 1. The molecule has 1 unspecified atom stereocenters. The number of hydrogen-bond donors (Lipinski definition) is 1. The summed E-state index contributed by atoms with van der Waals surface area (Å²) in [5, 5.41) is 3.80. The third kappa shape index (κ3) is 7.15. The van der Waals surface area contributed by atoms with Gasteiger partial charge in [0.15, 0.2) is 6.61 Å². The molecule has 0 bridgehead atoms. The standard InChI is InChI=1S/C24H30Cl2N2O3/c1-5-12-27-24(30)17(4)28(14-18-10-11-19(25)13-21(18)26)23(29)15-31-22-9-7-6-8-20(22)16(2)3/h6-11,13,16-17H,5,12,14-15H2,1-4H3,(H,27,30). The number of halogens is 2. The molecule has 1 N–H and O–H groups in total. The highest BCUT2D eigenvalue weighted by molar-refractivity contribution is 6.35.